The Balaban J connectivity index is 0.00000417. The molecule has 2 heterocycles. The third kappa shape index (κ3) is 7.35. The molecule has 1 amide bonds. The van der Waals surface area contributed by atoms with E-state index in [0.29, 0.717) is 27.9 Å². The van der Waals surface area contributed by atoms with E-state index in [9.17, 15) is 14.7 Å². The number of hydrogen-bond donors (Lipinski definition) is 2. The summed E-state index contributed by atoms with van der Waals surface area (Å²) in [6.45, 7) is 4.13. The first-order chi connectivity index (χ1) is 21.8. The Morgan fingerprint density at radius 2 is 1.63 bits per heavy atom. The van der Waals surface area contributed by atoms with Gasteiger partial charge >= 0.3 is 5.97 Å². The molecule has 4 aromatic carbocycles. The van der Waals surface area contributed by atoms with Crippen molar-refractivity contribution in [1.82, 2.24) is 14.9 Å². The Kier molecular flexibility index (Phi) is 10.6. The maximum Gasteiger partial charge on any atom is 0.335 e. The van der Waals surface area contributed by atoms with Crippen molar-refractivity contribution in [3.63, 3.8) is 0 Å². The Morgan fingerprint density at radius 3 is 2.30 bits per heavy atom. The molecule has 1 aliphatic heterocycles. The van der Waals surface area contributed by atoms with Gasteiger partial charge in [0.25, 0.3) is 5.91 Å². The van der Waals surface area contributed by atoms with Gasteiger partial charge in [-0.1, -0.05) is 29.8 Å². The maximum atomic E-state index is 12.8. The van der Waals surface area contributed by atoms with Crippen LogP contribution in [0, 0.1) is 0 Å². The summed E-state index contributed by atoms with van der Waals surface area (Å²) in [5.74, 6) is 2.58. The molecule has 1 aromatic heterocycles. The molecule has 0 aliphatic carbocycles. The third-order valence-electron chi connectivity index (χ3n) is 7.94. The summed E-state index contributed by atoms with van der Waals surface area (Å²) in [6, 6.07) is 26.6. The molecule has 2 N–H and O–H groups in total. The van der Waals surface area contributed by atoms with Crippen LogP contribution in [-0.2, 0) is 6.61 Å². The molecule has 0 radical (unpaired) electrons. The molecule has 0 bridgehead atoms. The van der Waals surface area contributed by atoms with Gasteiger partial charge in [0.15, 0.2) is 0 Å². The number of carboxylic acids is 1. The topological polar surface area (TPSA) is 93.4 Å². The number of aromatic carboxylic acids is 1. The van der Waals surface area contributed by atoms with Crippen molar-refractivity contribution in [3.05, 3.63) is 107 Å². The number of benzene rings is 4. The minimum absolute atomic E-state index is 0. The minimum Gasteiger partial charge on any atom is -0.489 e. The van der Waals surface area contributed by atoms with E-state index in [1.54, 1.807) is 12.1 Å². The standard InChI is InChI=1S/C36H34ClN3O4S.ClH/c1-22(2)38-35(41)25-7-13-31(23-3-9-28(37)10-4-23)27(19-25)21-44-30-11-5-24(6-12-30)34-39-32-20-26(36(42)43)8-14-33(32)40(34)29-15-17-45-18-16-29;/h3-14,19-20,22,29H,15-18,21H2,1-2H3,(H,38,41)(H,42,43);1H. The molecule has 46 heavy (non-hydrogen) atoms. The highest BCUT2D eigenvalue weighted by molar-refractivity contribution is 7.99. The fourth-order valence-corrected chi connectivity index (χ4v) is 6.93. The van der Waals surface area contributed by atoms with Crippen LogP contribution in [0.4, 0.5) is 0 Å². The highest BCUT2D eigenvalue weighted by Crippen LogP contribution is 2.36. The van der Waals surface area contributed by atoms with Gasteiger partial charge in [0.2, 0.25) is 0 Å². The Bertz CT molecular complexity index is 1850. The molecule has 0 atom stereocenters. The van der Waals surface area contributed by atoms with Crippen LogP contribution in [0.15, 0.2) is 84.9 Å². The predicted molar refractivity (Wildman–Crippen MR) is 189 cm³/mol. The van der Waals surface area contributed by atoms with Crippen molar-refractivity contribution >= 4 is 58.7 Å². The molecule has 1 saturated heterocycles. The number of amides is 1. The van der Waals surface area contributed by atoms with Crippen molar-refractivity contribution in [3.8, 4) is 28.3 Å². The molecule has 7 nitrogen and oxygen atoms in total. The fraction of sp³-hybridized carbons (Fsp3) is 0.250. The largest absolute Gasteiger partial charge is 0.489 e. The second-order valence-corrected chi connectivity index (χ2v) is 13.1. The van der Waals surface area contributed by atoms with Gasteiger partial charge < -0.3 is 19.7 Å². The van der Waals surface area contributed by atoms with Crippen molar-refractivity contribution in [2.24, 2.45) is 0 Å². The Labute approximate surface area is 283 Å². The average molecular weight is 677 g/mol. The molecular formula is C36H35Cl2N3O4S. The van der Waals surface area contributed by atoms with Gasteiger partial charge in [0, 0.05) is 28.2 Å². The van der Waals surface area contributed by atoms with Crippen LogP contribution in [0.25, 0.3) is 33.5 Å². The van der Waals surface area contributed by atoms with Crippen LogP contribution in [-0.4, -0.2) is 44.1 Å². The van der Waals surface area contributed by atoms with E-state index in [4.69, 9.17) is 21.3 Å². The first kappa shape index (κ1) is 33.4. The number of nitrogens with zero attached hydrogens (tertiary/aromatic N) is 2. The van der Waals surface area contributed by atoms with Crippen LogP contribution in [0.2, 0.25) is 5.02 Å². The first-order valence-electron chi connectivity index (χ1n) is 15.0. The van der Waals surface area contributed by atoms with Crippen LogP contribution in [0.1, 0.15) is 59.0 Å². The van der Waals surface area contributed by atoms with Gasteiger partial charge in [-0.25, -0.2) is 9.78 Å². The van der Waals surface area contributed by atoms with Crippen LogP contribution in [0.3, 0.4) is 0 Å². The molecule has 6 rings (SSSR count). The minimum atomic E-state index is -0.964. The lowest BCUT2D eigenvalue weighted by atomic mass is 9.97. The van der Waals surface area contributed by atoms with Gasteiger partial charge in [0.1, 0.15) is 18.2 Å². The van der Waals surface area contributed by atoms with E-state index in [1.165, 1.54) is 0 Å². The van der Waals surface area contributed by atoms with E-state index in [-0.39, 0.29) is 36.5 Å². The zero-order chi connectivity index (χ0) is 31.5. The highest BCUT2D eigenvalue weighted by atomic mass is 35.5. The summed E-state index contributed by atoms with van der Waals surface area (Å²) in [5, 5.41) is 13.2. The van der Waals surface area contributed by atoms with Gasteiger partial charge in [-0.15, -0.1) is 12.4 Å². The first-order valence-corrected chi connectivity index (χ1v) is 16.6. The summed E-state index contributed by atoms with van der Waals surface area (Å²) in [6.07, 6.45) is 2.07. The molecular weight excluding hydrogens is 641 g/mol. The number of hydrogen-bond acceptors (Lipinski definition) is 5. The van der Waals surface area contributed by atoms with E-state index in [1.807, 2.05) is 98.4 Å². The number of rotatable bonds is 9. The third-order valence-corrected chi connectivity index (χ3v) is 9.24. The van der Waals surface area contributed by atoms with E-state index >= 15 is 0 Å². The van der Waals surface area contributed by atoms with Crippen LogP contribution >= 0.6 is 35.8 Å². The monoisotopic (exact) mass is 675 g/mol. The lowest BCUT2D eigenvalue weighted by molar-refractivity contribution is 0.0696. The summed E-state index contributed by atoms with van der Waals surface area (Å²) < 4.78 is 8.56. The summed E-state index contributed by atoms with van der Waals surface area (Å²) in [4.78, 5) is 29.4. The predicted octanol–water partition coefficient (Wildman–Crippen LogP) is 8.93. The number of fused-ring (bicyclic) bond motifs is 1. The van der Waals surface area contributed by atoms with Gasteiger partial charge in [-0.05, 0) is 122 Å². The number of halogens is 2. The second kappa shape index (κ2) is 14.6. The second-order valence-electron chi connectivity index (χ2n) is 11.5. The number of thioether (sulfide) groups is 1. The van der Waals surface area contributed by atoms with Crippen molar-refractivity contribution < 1.29 is 19.4 Å². The normalized spacial score (nSPS) is 13.4. The number of aromatic nitrogens is 2. The van der Waals surface area contributed by atoms with Crippen molar-refractivity contribution in [1.29, 1.82) is 0 Å². The lowest BCUT2D eigenvalue weighted by Crippen LogP contribution is -2.30. The van der Waals surface area contributed by atoms with Gasteiger partial charge in [-0.2, -0.15) is 11.8 Å². The Hall–Kier alpha value is -3.98. The number of carbonyl (C=O) groups excluding carboxylic acids is 1. The maximum absolute atomic E-state index is 12.8. The van der Waals surface area contributed by atoms with Crippen molar-refractivity contribution in [2.75, 3.05) is 11.5 Å². The SMILES string of the molecule is CC(C)NC(=O)c1ccc(-c2ccc(Cl)cc2)c(COc2ccc(-c3nc4cc(C(=O)O)ccc4n3C3CCSCC3)cc2)c1.Cl. The summed E-state index contributed by atoms with van der Waals surface area (Å²) in [5.41, 5.74) is 6.18. The van der Waals surface area contributed by atoms with Gasteiger partial charge in [-0.3, -0.25) is 4.79 Å². The van der Waals surface area contributed by atoms with Crippen LogP contribution < -0.4 is 10.1 Å². The number of imidazole rings is 1. The summed E-state index contributed by atoms with van der Waals surface area (Å²) >= 11 is 8.10. The zero-order valence-corrected chi connectivity index (χ0v) is 27.9. The lowest BCUT2D eigenvalue weighted by Gasteiger charge is -2.25. The number of nitrogens with one attached hydrogen (secondary N) is 1. The number of carboxylic acid groups (broad SMARTS) is 1. The molecule has 5 aromatic rings. The molecule has 0 unspecified atom stereocenters. The highest BCUT2D eigenvalue weighted by Gasteiger charge is 2.23. The zero-order valence-electron chi connectivity index (χ0n) is 25.5. The molecule has 238 valence electrons. The van der Waals surface area contributed by atoms with E-state index < -0.39 is 5.97 Å². The van der Waals surface area contributed by atoms with Crippen molar-refractivity contribution in [2.45, 2.75) is 45.4 Å². The van der Waals surface area contributed by atoms with Gasteiger partial charge in [0.05, 0.1) is 16.6 Å². The number of carbonyl (C=O) groups is 2. The molecule has 0 saturated carbocycles. The Morgan fingerprint density at radius 1 is 0.957 bits per heavy atom. The van der Waals surface area contributed by atoms with Crippen LogP contribution in [0.5, 0.6) is 5.75 Å². The van der Waals surface area contributed by atoms with E-state index in [2.05, 4.69) is 9.88 Å². The quantitative estimate of drug-likeness (QED) is 0.162. The summed E-state index contributed by atoms with van der Waals surface area (Å²) in [7, 11) is 0. The average Bonchev–Trinajstić information content (AvgIpc) is 3.43. The number of ether oxygens (including phenoxy) is 1. The molecule has 1 aliphatic rings. The fourth-order valence-electron chi connectivity index (χ4n) is 5.72. The van der Waals surface area contributed by atoms with E-state index in [0.717, 1.165) is 57.9 Å². The molecule has 1 fully saturated rings. The molecule has 10 heteroatoms. The smallest absolute Gasteiger partial charge is 0.335 e. The molecule has 0 spiro atoms.